The Morgan fingerprint density at radius 2 is 2.05 bits per heavy atom. The molecule has 0 saturated carbocycles. The molecule has 0 radical (unpaired) electrons. The molecule has 0 fully saturated rings. The molecule has 2 N–H and O–H groups in total. The number of carboxylic acids is 1. The van der Waals surface area contributed by atoms with E-state index in [1.165, 1.54) is 10.9 Å². The zero-order chi connectivity index (χ0) is 16.1. The first-order valence-corrected chi connectivity index (χ1v) is 7.18. The quantitative estimate of drug-likeness (QED) is 0.822. The SMILES string of the molecule is CC(C)COc1ccc(CNc2cnn(C)c2C(=O)O)cc1. The molecule has 0 unspecified atom stereocenters. The van der Waals surface area contributed by atoms with Crippen molar-refractivity contribution < 1.29 is 14.6 Å². The molecular formula is C16H21N3O3. The molecule has 0 aliphatic heterocycles. The van der Waals surface area contributed by atoms with Crippen LogP contribution in [-0.4, -0.2) is 27.5 Å². The highest BCUT2D eigenvalue weighted by atomic mass is 16.5. The number of aryl methyl sites for hydroxylation is 1. The van der Waals surface area contributed by atoms with Gasteiger partial charge in [-0.3, -0.25) is 4.68 Å². The maximum atomic E-state index is 11.2. The first-order valence-electron chi connectivity index (χ1n) is 7.18. The maximum Gasteiger partial charge on any atom is 0.356 e. The van der Waals surface area contributed by atoms with Gasteiger partial charge < -0.3 is 15.2 Å². The second-order valence-corrected chi connectivity index (χ2v) is 5.54. The summed E-state index contributed by atoms with van der Waals surface area (Å²) in [5, 5.41) is 16.2. The zero-order valence-electron chi connectivity index (χ0n) is 13.0. The average molecular weight is 303 g/mol. The molecule has 0 atom stereocenters. The van der Waals surface area contributed by atoms with Gasteiger partial charge in [-0.15, -0.1) is 0 Å². The van der Waals surface area contributed by atoms with Crippen molar-refractivity contribution >= 4 is 11.7 Å². The highest BCUT2D eigenvalue weighted by molar-refractivity contribution is 5.92. The number of hydrogen-bond acceptors (Lipinski definition) is 4. The Hall–Kier alpha value is -2.50. The van der Waals surface area contributed by atoms with Crippen LogP contribution in [0.5, 0.6) is 5.75 Å². The monoisotopic (exact) mass is 303 g/mol. The summed E-state index contributed by atoms with van der Waals surface area (Å²) in [4.78, 5) is 11.2. The first kappa shape index (κ1) is 15.9. The van der Waals surface area contributed by atoms with Crippen molar-refractivity contribution in [2.24, 2.45) is 13.0 Å². The van der Waals surface area contributed by atoms with Gasteiger partial charge in [0.05, 0.1) is 18.5 Å². The summed E-state index contributed by atoms with van der Waals surface area (Å²) in [6, 6.07) is 7.75. The fourth-order valence-electron chi connectivity index (χ4n) is 1.98. The number of anilines is 1. The number of carboxylic acid groups (broad SMARTS) is 1. The van der Waals surface area contributed by atoms with E-state index in [-0.39, 0.29) is 5.69 Å². The maximum absolute atomic E-state index is 11.2. The van der Waals surface area contributed by atoms with E-state index in [1.807, 2.05) is 24.3 Å². The van der Waals surface area contributed by atoms with Gasteiger partial charge in [0.15, 0.2) is 5.69 Å². The lowest BCUT2D eigenvalue weighted by Crippen LogP contribution is -2.09. The minimum atomic E-state index is -1.00. The Morgan fingerprint density at radius 3 is 2.64 bits per heavy atom. The molecule has 0 saturated heterocycles. The number of benzene rings is 1. The normalized spacial score (nSPS) is 10.7. The lowest BCUT2D eigenvalue weighted by atomic mass is 10.2. The van der Waals surface area contributed by atoms with Crippen LogP contribution in [0.4, 0.5) is 5.69 Å². The molecule has 1 heterocycles. The number of aromatic carboxylic acids is 1. The van der Waals surface area contributed by atoms with Gasteiger partial charge >= 0.3 is 5.97 Å². The van der Waals surface area contributed by atoms with Crippen LogP contribution in [0, 0.1) is 5.92 Å². The third-order valence-corrected chi connectivity index (χ3v) is 3.13. The molecule has 1 aromatic carbocycles. The number of hydrogen-bond donors (Lipinski definition) is 2. The van der Waals surface area contributed by atoms with E-state index in [0.29, 0.717) is 24.8 Å². The van der Waals surface area contributed by atoms with E-state index in [1.54, 1.807) is 7.05 Å². The minimum Gasteiger partial charge on any atom is -0.493 e. The molecule has 2 rings (SSSR count). The third kappa shape index (κ3) is 4.00. The summed E-state index contributed by atoms with van der Waals surface area (Å²) >= 11 is 0. The topological polar surface area (TPSA) is 76.4 Å². The molecule has 0 amide bonds. The fraction of sp³-hybridized carbons (Fsp3) is 0.375. The zero-order valence-corrected chi connectivity index (χ0v) is 13.0. The van der Waals surface area contributed by atoms with Crippen molar-refractivity contribution in [1.82, 2.24) is 9.78 Å². The van der Waals surface area contributed by atoms with Crippen molar-refractivity contribution in [3.8, 4) is 5.75 Å². The lowest BCUT2D eigenvalue weighted by Gasteiger charge is -2.10. The molecule has 0 aliphatic rings. The molecule has 6 nitrogen and oxygen atoms in total. The van der Waals surface area contributed by atoms with E-state index < -0.39 is 5.97 Å². The van der Waals surface area contributed by atoms with E-state index in [9.17, 15) is 4.79 Å². The Kier molecular flexibility index (Phi) is 5.04. The van der Waals surface area contributed by atoms with Gasteiger partial charge in [0.1, 0.15) is 5.75 Å². The highest BCUT2D eigenvalue weighted by Gasteiger charge is 2.15. The molecular weight excluding hydrogens is 282 g/mol. The third-order valence-electron chi connectivity index (χ3n) is 3.13. The number of rotatable bonds is 7. The Labute approximate surface area is 129 Å². The number of ether oxygens (including phenoxy) is 1. The second kappa shape index (κ2) is 6.98. The van der Waals surface area contributed by atoms with Crippen LogP contribution in [0.2, 0.25) is 0 Å². The van der Waals surface area contributed by atoms with Gasteiger partial charge in [-0.05, 0) is 23.6 Å². The number of aromatic nitrogens is 2. The fourth-order valence-corrected chi connectivity index (χ4v) is 1.98. The van der Waals surface area contributed by atoms with Crippen LogP contribution in [0.15, 0.2) is 30.5 Å². The van der Waals surface area contributed by atoms with Crippen LogP contribution in [0.1, 0.15) is 29.9 Å². The summed E-state index contributed by atoms with van der Waals surface area (Å²) in [6.07, 6.45) is 1.52. The Bertz CT molecular complexity index is 633. The number of nitrogens with one attached hydrogen (secondary N) is 1. The first-order chi connectivity index (χ1) is 10.5. The number of nitrogens with zero attached hydrogens (tertiary/aromatic N) is 2. The Balaban J connectivity index is 1.96. The number of carbonyl (C=O) groups is 1. The summed E-state index contributed by atoms with van der Waals surface area (Å²) < 4.78 is 6.97. The van der Waals surface area contributed by atoms with E-state index in [4.69, 9.17) is 9.84 Å². The summed E-state index contributed by atoms with van der Waals surface area (Å²) in [5.41, 5.74) is 1.70. The second-order valence-electron chi connectivity index (χ2n) is 5.54. The average Bonchev–Trinajstić information content (AvgIpc) is 2.85. The van der Waals surface area contributed by atoms with Crippen LogP contribution < -0.4 is 10.1 Å². The summed E-state index contributed by atoms with van der Waals surface area (Å²) in [6.45, 7) is 5.42. The molecule has 1 aromatic heterocycles. The van der Waals surface area contributed by atoms with Crippen LogP contribution in [-0.2, 0) is 13.6 Å². The van der Waals surface area contributed by atoms with Crippen molar-refractivity contribution in [3.05, 3.63) is 41.7 Å². The van der Waals surface area contributed by atoms with Gasteiger partial charge in [-0.1, -0.05) is 26.0 Å². The van der Waals surface area contributed by atoms with E-state index in [0.717, 1.165) is 11.3 Å². The van der Waals surface area contributed by atoms with Gasteiger partial charge in [0.2, 0.25) is 0 Å². The predicted molar refractivity (Wildman–Crippen MR) is 84.3 cm³/mol. The molecule has 2 aromatic rings. The van der Waals surface area contributed by atoms with E-state index in [2.05, 4.69) is 24.3 Å². The van der Waals surface area contributed by atoms with Gasteiger partial charge in [0.25, 0.3) is 0 Å². The van der Waals surface area contributed by atoms with Crippen molar-refractivity contribution in [3.63, 3.8) is 0 Å². The molecule has 0 spiro atoms. The summed E-state index contributed by atoms with van der Waals surface area (Å²) in [5.74, 6) is 0.325. The molecule has 0 aliphatic carbocycles. The largest absolute Gasteiger partial charge is 0.493 e. The van der Waals surface area contributed by atoms with Crippen molar-refractivity contribution in [2.75, 3.05) is 11.9 Å². The molecule has 22 heavy (non-hydrogen) atoms. The van der Waals surface area contributed by atoms with Gasteiger partial charge in [-0.2, -0.15) is 5.10 Å². The van der Waals surface area contributed by atoms with Gasteiger partial charge in [0, 0.05) is 13.6 Å². The molecule has 0 bridgehead atoms. The highest BCUT2D eigenvalue weighted by Crippen LogP contribution is 2.17. The predicted octanol–water partition coefficient (Wildman–Crippen LogP) is 2.77. The lowest BCUT2D eigenvalue weighted by molar-refractivity contribution is 0.0686. The summed E-state index contributed by atoms with van der Waals surface area (Å²) in [7, 11) is 1.61. The van der Waals surface area contributed by atoms with Crippen LogP contribution in [0.3, 0.4) is 0 Å². The standard InChI is InChI=1S/C16H21N3O3/c1-11(2)10-22-13-6-4-12(5-7-13)8-17-14-9-18-19(3)15(14)16(20)21/h4-7,9,11,17H,8,10H2,1-3H3,(H,20,21). The van der Waals surface area contributed by atoms with Crippen molar-refractivity contribution in [2.45, 2.75) is 20.4 Å². The smallest absolute Gasteiger partial charge is 0.356 e. The van der Waals surface area contributed by atoms with Crippen molar-refractivity contribution in [1.29, 1.82) is 0 Å². The van der Waals surface area contributed by atoms with Crippen LogP contribution >= 0.6 is 0 Å². The Morgan fingerprint density at radius 1 is 1.36 bits per heavy atom. The molecule has 6 heteroatoms. The van der Waals surface area contributed by atoms with Gasteiger partial charge in [-0.25, -0.2) is 4.79 Å². The molecule has 118 valence electrons. The van der Waals surface area contributed by atoms with E-state index >= 15 is 0 Å². The van der Waals surface area contributed by atoms with Crippen LogP contribution in [0.25, 0.3) is 0 Å². The minimum absolute atomic E-state index is 0.150.